The van der Waals surface area contributed by atoms with Gasteiger partial charge in [-0.2, -0.15) is 5.10 Å². The van der Waals surface area contributed by atoms with E-state index in [1.165, 1.54) is 19.2 Å². The molecule has 0 aliphatic rings. The number of ether oxygens (including phenoxy) is 1. The van der Waals surface area contributed by atoms with E-state index in [0.717, 1.165) is 11.3 Å². The van der Waals surface area contributed by atoms with Gasteiger partial charge in [-0.3, -0.25) is 19.6 Å². The maximum atomic E-state index is 13.2. The molecular weight excluding hydrogens is 398 g/mol. The van der Waals surface area contributed by atoms with E-state index in [-0.39, 0.29) is 11.4 Å². The smallest absolute Gasteiger partial charge is 0.296 e. The van der Waals surface area contributed by atoms with E-state index in [9.17, 15) is 14.9 Å². The van der Waals surface area contributed by atoms with E-state index in [1.54, 1.807) is 22.9 Å². The van der Waals surface area contributed by atoms with Crippen LogP contribution in [0.3, 0.4) is 0 Å². The van der Waals surface area contributed by atoms with Crippen molar-refractivity contribution in [1.82, 2.24) is 14.8 Å². The van der Waals surface area contributed by atoms with Gasteiger partial charge in [0.2, 0.25) is 0 Å². The molecule has 2 aromatic heterocycles. The second-order valence-corrected chi connectivity index (χ2v) is 6.97. The van der Waals surface area contributed by atoms with Crippen molar-refractivity contribution >= 4 is 28.2 Å². The Morgan fingerprint density at radius 3 is 2.65 bits per heavy atom. The van der Waals surface area contributed by atoms with Crippen molar-refractivity contribution < 1.29 is 14.5 Å². The number of pyridine rings is 1. The molecule has 2 aromatic carbocycles. The number of methoxy groups -OCH3 is 1. The first-order valence-corrected chi connectivity index (χ1v) is 9.41. The van der Waals surface area contributed by atoms with Crippen LogP contribution in [0.2, 0.25) is 0 Å². The molecule has 0 aliphatic heterocycles. The minimum Gasteiger partial charge on any atom is -0.496 e. The number of carbonyl (C=O) groups excluding carboxylic acids is 1. The quantitative estimate of drug-likeness (QED) is 0.386. The molecule has 1 N–H and O–H groups in total. The Bertz CT molecular complexity index is 1330. The van der Waals surface area contributed by atoms with Crippen molar-refractivity contribution in [2.75, 3.05) is 12.4 Å². The van der Waals surface area contributed by atoms with Crippen LogP contribution in [0, 0.1) is 17.0 Å². The van der Waals surface area contributed by atoms with E-state index in [0.29, 0.717) is 27.9 Å². The highest BCUT2D eigenvalue weighted by atomic mass is 16.6. The first kappa shape index (κ1) is 20.0. The molecule has 9 nitrogen and oxygen atoms in total. The molecule has 4 rings (SSSR count). The first-order chi connectivity index (χ1) is 14.9. The number of nitro groups is 1. The molecule has 0 unspecified atom stereocenters. The molecule has 0 fully saturated rings. The summed E-state index contributed by atoms with van der Waals surface area (Å²) in [7, 11) is 3.23. The van der Waals surface area contributed by atoms with Gasteiger partial charge in [-0.1, -0.05) is 18.2 Å². The van der Waals surface area contributed by atoms with Crippen molar-refractivity contribution in [3.05, 3.63) is 76.1 Å². The van der Waals surface area contributed by atoms with Gasteiger partial charge in [0, 0.05) is 24.2 Å². The van der Waals surface area contributed by atoms with E-state index in [4.69, 9.17) is 4.74 Å². The molecule has 0 saturated heterocycles. The Balaban J connectivity index is 1.81. The van der Waals surface area contributed by atoms with Gasteiger partial charge in [-0.05, 0) is 31.2 Å². The molecule has 0 bridgehead atoms. The first-order valence-electron chi connectivity index (χ1n) is 9.41. The normalized spacial score (nSPS) is 10.8. The molecule has 0 radical (unpaired) electrons. The van der Waals surface area contributed by atoms with Gasteiger partial charge in [0.1, 0.15) is 11.4 Å². The van der Waals surface area contributed by atoms with Gasteiger partial charge >= 0.3 is 0 Å². The zero-order valence-corrected chi connectivity index (χ0v) is 17.1. The predicted molar refractivity (Wildman–Crippen MR) is 116 cm³/mol. The minimum atomic E-state index is -0.562. The van der Waals surface area contributed by atoms with Gasteiger partial charge in [-0.15, -0.1) is 0 Å². The zero-order chi connectivity index (χ0) is 22.1. The number of hydrogen-bond acceptors (Lipinski definition) is 6. The molecule has 4 aromatic rings. The summed E-state index contributed by atoms with van der Waals surface area (Å²) in [6.45, 7) is 1.87. The molecule has 9 heteroatoms. The van der Waals surface area contributed by atoms with Crippen molar-refractivity contribution in [3.8, 4) is 17.0 Å². The largest absolute Gasteiger partial charge is 0.496 e. The standard InChI is InChI=1S/C22H19N5O4/c1-13-17(12-26(2)25-13)20-11-16(15-6-4-5-7-18(15)23-20)22(28)24-19-9-8-14(31-3)10-21(19)27(29)30/h4-12H,1-3H3,(H,24,28). The lowest BCUT2D eigenvalue weighted by Gasteiger charge is -2.11. The van der Waals surface area contributed by atoms with Crippen LogP contribution in [-0.2, 0) is 7.05 Å². The number of amides is 1. The lowest BCUT2D eigenvalue weighted by atomic mass is 10.0. The fraction of sp³-hybridized carbons (Fsp3) is 0.136. The lowest BCUT2D eigenvalue weighted by molar-refractivity contribution is -0.384. The van der Waals surface area contributed by atoms with Crippen molar-refractivity contribution in [2.45, 2.75) is 6.92 Å². The number of para-hydroxylation sites is 1. The maximum Gasteiger partial charge on any atom is 0.296 e. The Hall–Kier alpha value is -4.27. The highest BCUT2D eigenvalue weighted by molar-refractivity contribution is 6.13. The van der Waals surface area contributed by atoms with Gasteiger partial charge in [0.05, 0.1) is 40.6 Å². The molecule has 0 saturated carbocycles. The number of nitrogens with zero attached hydrogens (tertiary/aromatic N) is 4. The van der Waals surface area contributed by atoms with Crippen molar-refractivity contribution in [2.24, 2.45) is 7.05 Å². The van der Waals surface area contributed by atoms with Gasteiger partial charge in [0.25, 0.3) is 11.6 Å². The number of benzene rings is 2. The fourth-order valence-corrected chi connectivity index (χ4v) is 3.44. The molecule has 156 valence electrons. The molecule has 31 heavy (non-hydrogen) atoms. The summed E-state index contributed by atoms with van der Waals surface area (Å²) >= 11 is 0. The molecule has 0 atom stereocenters. The maximum absolute atomic E-state index is 13.2. The minimum absolute atomic E-state index is 0.0794. The summed E-state index contributed by atoms with van der Waals surface area (Å²) in [6, 6.07) is 13.2. The van der Waals surface area contributed by atoms with Crippen LogP contribution in [0.25, 0.3) is 22.2 Å². The van der Waals surface area contributed by atoms with E-state index >= 15 is 0 Å². The molecular formula is C22H19N5O4. The van der Waals surface area contributed by atoms with Crippen LogP contribution in [0.15, 0.2) is 54.7 Å². The third kappa shape index (κ3) is 3.80. The highest BCUT2D eigenvalue weighted by Gasteiger charge is 2.21. The number of rotatable bonds is 5. The molecule has 0 aliphatic carbocycles. The predicted octanol–water partition coefficient (Wildman–Crippen LogP) is 4.11. The number of fused-ring (bicyclic) bond motifs is 1. The summed E-state index contributed by atoms with van der Waals surface area (Å²) in [5.74, 6) is -0.150. The highest BCUT2D eigenvalue weighted by Crippen LogP contribution is 2.31. The number of aromatic nitrogens is 3. The summed E-state index contributed by atoms with van der Waals surface area (Å²) in [6.07, 6.45) is 1.84. The van der Waals surface area contributed by atoms with Crippen LogP contribution >= 0.6 is 0 Å². The van der Waals surface area contributed by atoms with Crippen LogP contribution in [0.1, 0.15) is 16.1 Å². The van der Waals surface area contributed by atoms with E-state index < -0.39 is 10.8 Å². The molecule has 2 heterocycles. The van der Waals surface area contributed by atoms with Gasteiger partial charge in [-0.25, -0.2) is 4.98 Å². The third-order valence-electron chi connectivity index (χ3n) is 4.90. The third-order valence-corrected chi connectivity index (χ3v) is 4.90. The fourth-order valence-electron chi connectivity index (χ4n) is 3.44. The Labute approximate surface area is 177 Å². The summed E-state index contributed by atoms with van der Waals surface area (Å²) < 4.78 is 6.73. The van der Waals surface area contributed by atoms with Crippen LogP contribution < -0.4 is 10.1 Å². The number of anilines is 1. The number of nitrogens with one attached hydrogen (secondary N) is 1. The van der Waals surface area contributed by atoms with Crippen LogP contribution in [0.4, 0.5) is 11.4 Å². The topological polar surface area (TPSA) is 112 Å². The lowest BCUT2D eigenvalue weighted by Crippen LogP contribution is -2.14. The summed E-state index contributed by atoms with van der Waals surface area (Å²) in [5.41, 5.74) is 3.00. The second-order valence-electron chi connectivity index (χ2n) is 6.97. The monoisotopic (exact) mass is 417 g/mol. The molecule has 1 amide bonds. The van der Waals surface area contributed by atoms with Gasteiger partial charge < -0.3 is 10.1 Å². The van der Waals surface area contributed by atoms with Crippen LogP contribution in [0.5, 0.6) is 5.75 Å². The van der Waals surface area contributed by atoms with Crippen LogP contribution in [-0.4, -0.2) is 32.7 Å². The summed E-state index contributed by atoms with van der Waals surface area (Å²) in [4.78, 5) is 28.8. The van der Waals surface area contributed by atoms with Crippen molar-refractivity contribution in [3.63, 3.8) is 0 Å². The zero-order valence-electron chi connectivity index (χ0n) is 17.1. The van der Waals surface area contributed by atoms with E-state index in [1.807, 2.05) is 38.4 Å². The number of nitro benzene ring substituents is 1. The summed E-state index contributed by atoms with van der Waals surface area (Å²) in [5, 5.41) is 19.1. The second kappa shape index (κ2) is 7.86. The number of hydrogen-bond donors (Lipinski definition) is 1. The Morgan fingerprint density at radius 1 is 1.19 bits per heavy atom. The average molecular weight is 417 g/mol. The van der Waals surface area contributed by atoms with E-state index in [2.05, 4.69) is 15.4 Å². The van der Waals surface area contributed by atoms with Gasteiger partial charge in [0.15, 0.2) is 0 Å². The van der Waals surface area contributed by atoms with Crippen molar-refractivity contribution in [1.29, 1.82) is 0 Å². The molecule has 0 spiro atoms. The Kier molecular flexibility index (Phi) is 5.08. The Morgan fingerprint density at radius 2 is 1.97 bits per heavy atom. The SMILES string of the molecule is COc1ccc(NC(=O)c2cc(-c3cn(C)nc3C)nc3ccccc23)c([N+](=O)[O-])c1. The number of carbonyl (C=O) groups is 1. The number of aryl methyl sites for hydroxylation is 2. The average Bonchev–Trinajstić information content (AvgIpc) is 3.10.